The number of amidine groups is 2. The normalized spacial score (nSPS) is 11.6. The number of aryl methyl sites for hydroxylation is 3. The van der Waals surface area contributed by atoms with E-state index in [4.69, 9.17) is 27.6 Å². The molecule has 10 nitrogen and oxygen atoms in total. The molecule has 0 fully saturated rings. The Morgan fingerprint density at radius 1 is 0.647 bits per heavy atom. The molecule has 5 aromatic carbocycles. The summed E-state index contributed by atoms with van der Waals surface area (Å²) in [7, 11) is 0. The first-order valence-corrected chi connectivity index (χ1v) is 17.2. The van der Waals surface area contributed by atoms with Gasteiger partial charge in [0.25, 0.3) is 0 Å². The van der Waals surface area contributed by atoms with Gasteiger partial charge in [-0.3, -0.25) is 0 Å². The lowest BCUT2D eigenvalue weighted by atomic mass is 9.89. The number of aromatic nitrogens is 1. The number of hydrogen-bond donors (Lipinski definition) is 6. The van der Waals surface area contributed by atoms with Gasteiger partial charge >= 0.3 is 0 Å². The van der Waals surface area contributed by atoms with Crippen molar-refractivity contribution in [3.63, 3.8) is 0 Å². The van der Waals surface area contributed by atoms with Crippen LogP contribution in [0.2, 0.25) is 5.02 Å². The zero-order valence-corrected chi connectivity index (χ0v) is 31.4. The minimum atomic E-state index is -0.0173. The SMILES string of the molecule is Cc1ccc(Cl)c(-c2c(C(N)=NO)cc(Br)cc2-c2ccc(O)cc2)c1.Cc1noc(C)c1-c1c(C(N)=NO)cc(Br)cc1-c1ccc(O)cc1. The van der Waals surface area contributed by atoms with Crippen LogP contribution in [0, 0.1) is 20.8 Å². The highest BCUT2D eigenvalue weighted by Crippen LogP contribution is 2.42. The second kappa shape index (κ2) is 15.7. The predicted molar refractivity (Wildman–Crippen MR) is 208 cm³/mol. The average Bonchev–Trinajstić information content (AvgIpc) is 3.45. The number of benzene rings is 5. The van der Waals surface area contributed by atoms with E-state index in [1.807, 2.05) is 51.1 Å². The molecule has 51 heavy (non-hydrogen) atoms. The van der Waals surface area contributed by atoms with Crippen molar-refractivity contribution in [2.75, 3.05) is 0 Å². The molecule has 0 saturated carbocycles. The van der Waals surface area contributed by atoms with E-state index in [1.165, 1.54) is 0 Å². The topological polar surface area (TPSA) is 184 Å². The lowest BCUT2D eigenvalue weighted by molar-refractivity contribution is 0.318. The molecule has 0 saturated heterocycles. The third-order valence-electron chi connectivity index (χ3n) is 8.00. The number of halogens is 3. The van der Waals surface area contributed by atoms with Gasteiger partial charge in [0.15, 0.2) is 11.7 Å². The van der Waals surface area contributed by atoms with Crippen molar-refractivity contribution in [2.45, 2.75) is 20.8 Å². The van der Waals surface area contributed by atoms with Crippen LogP contribution in [0.1, 0.15) is 28.1 Å². The number of aromatic hydroxyl groups is 2. The quantitative estimate of drug-likeness (QED) is 0.0415. The van der Waals surface area contributed by atoms with E-state index in [1.54, 1.807) is 60.7 Å². The Balaban J connectivity index is 0.000000198. The van der Waals surface area contributed by atoms with Crippen LogP contribution < -0.4 is 11.5 Å². The molecule has 0 unspecified atom stereocenters. The first kappa shape index (κ1) is 37.0. The number of nitrogens with zero attached hydrogens (tertiary/aromatic N) is 3. The Kier molecular flexibility index (Phi) is 11.4. The van der Waals surface area contributed by atoms with E-state index in [0.717, 1.165) is 59.0 Å². The Morgan fingerprint density at radius 2 is 1.12 bits per heavy atom. The number of phenolic OH excluding ortho intramolecular Hbond substituents is 2. The Labute approximate surface area is 315 Å². The highest BCUT2D eigenvalue weighted by atomic mass is 79.9. The molecule has 1 heterocycles. The molecule has 0 aliphatic rings. The Morgan fingerprint density at radius 3 is 1.57 bits per heavy atom. The highest BCUT2D eigenvalue weighted by Gasteiger charge is 2.23. The standard InChI is InChI=1S/C20H16BrClN2O2.C18H16BrN3O3/c1-11-2-7-18(22)16(8-11)19-15(12-3-5-14(25)6-4-12)9-13(21)10-17(19)20(23)24-26;1-9-16(10(2)25-22-9)17-14(11-3-5-13(23)6-4-11)7-12(19)8-15(17)18(20)21-24/h2-10,25-26H,1H3,(H2,23,24);3-8,23-24H,1-2H3,(H2,20,21). The first-order valence-electron chi connectivity index (χ1n) is 15.2. The van der Waals surface area contributed by atoms with Crippen LogP contribution in [-0.4, -0.2) is 37.5 Å². The fraction of sp³-hybridized carbons (Fsp3) is 0.0789. The van der Waals surface area contributed by atoms with Crippen LogP contribution in [0.25, 0.3) is 44.5 Å². The maximum Gasteiger partial charge on any atom is 0.170 e. The minimum Gasteiger partial charge on any atom is -0.508 e. The maximum absolute atomic E-state index is 9.60. The summed E-state index contributed by atoms with van der Waals surface area (Å²) in [6, 6.07) is 26.8. The van der Waals surface area contributed by atoms with Crippen molar-refractivity contribution in [3.8, 4) is 56.0 Å². The summed E-state index contributed by atoms with van der Waals surface area (Å²) in [6.45, 7) is 5.63. The van der Waals surface area contributed by atoms with Crippen LogP contribution in [0.15, 0.2) is 115 Å². The smallest absolute Gasteiger partial charge is 0.170 e. The second-order valence-corrected chi connectivity index (χ2v) is 13.7. The predicted octanol–water partition coefficient (Wildman–Crippen LogP) is 9.73. The zero-order valence-electron chi connectivity index (χ0n) is 27.5. The molecule has 1 aromatic heterocycles. The lowest BCUT2D eigenvalue weighted by Gasteiger charge is -2.17. The van der Waals surface area contributed by atoms with E-state index in [0.29, 0.717) is 27.6 Å². The molecule has 260 valence electrons. The molecule has 6 rings (SSSR count). The summed E-state index contributed by atoms with van der Waals surface area (Å²) in [6.07, 6.45) is 0. The first-order chi connectivity index (χ1) is 24.3. The van der Waals surface area contributed by atoms with Gasteiger partial charge in [-0.25, -0.2) is 0 Å². The molecule has 0 aliphatic carbocycles. The zero-order chi connectivity index (χ0) is 37.0. The fourth-order valence-electron chi connectivity index (χ4n) is 5.69. The molecular weight excluding hydrogens is 802 g/mol. The third-order valence-corrected chi connectivity index (χ3v) is 9.25. The van der Waals surface area contributed by atoms with Crippen molar-refractivity contribution in [1.29, 1.82) is 0 Å². The summed E-state index contributed by atoms with van der Waals surface area (Å²) >= 11 is 13.4. The summed E-state index contributed by atoms with van der Waals surface area (Å²) in [5.74, 6) is 0.951. The van der Waals surface area contributed by atoms with Gasteiger partial charge in [-0.1, -0.05) is 94.8 Å². The molecule has 0 radical (unpaired) electrons. The third kappa shape index (κ3) is 8.04. The summed E-state index contributed by atoms with van der Waals surface area (Å²) < 4.78 is 6.86. The fourth-order valence-corrected chi connectivity index (χ4v) is 6.82. The van der Waals surface area contributed by atoms with E-state index in [2.05, 4.69) is 47.3 Å². The molecule has 0 bridgehead atoms. The second-order valence-electron chi connectivity index (χ2n) is 11.5. The molecule has 8 N–H and O–H groups in total. The Bertz CT molecular complexity index is 2270. The van der Waals surface area contributed by atoms with Crippen LogP contribution in [0.4, 0.5) is 0 Å². The lowest BCUT2D eigenvalue weighted by Crippen LogP contribution is -2.15. The summed E-state index contributed by atoms with van der Waals surface area (Å²) in [5.41, 5.74) is 21.2. The summed E-state index contributed by atoms with van der Waals surface area (Å²) in [5, 5.41) is 48.6. The van der Waals surface area contributed by atoms with Crippen LogP contribution in [0.5, 0.6) is 11.5 Å². The molecule has 0 spiro atoms. The van der Waals surface area contributed by atoms with Crippen LogP contribution in [-0.2, 0) is 0 Å². The van der Waals surface area contributed by atoms with E-state index < -0.39 is 0 Å². The van der Waals surface area contributed by atoms with Gasteiger partial charge in [0.05, 0.1) is 5.69 Å². The highest BCUT2D eigenvalue weighted by molar-refractivity contribution is 9.10. The van der Waals surface area contributed by atoms with Gasteiger partial charge in [-0.2, -0.15) is 0 Å². The average molecular weight is 834 g/mol. The van der Waals surface area contributed by atoms with E-state index >= 15 is 0 Å². The van der Waals surface area contributed by atoms with Crippen molar-refractivity contribution in [1.82, 2.24) is 5.16 Å². The Hall–Kier alpha value is -5.30. The molecule has 0 aliphatic heterocycles. The number of oxime groups is 2. The minimum absolute atomic E-state index is 0.0149. The number of nitrogens with two attached hydrogens (primary N) is 2. The summed E-state index contributed by atoms with van der Waals surface area (Å²) in [4.78, 5) is 0. The molecular formula is C38H32Br2ClN5O5. The van der Waals surface area contributed by atoms with Crippen molar-refractivity contribution < 1.29 is 25.2 Å². The maximum atomic E-state index is 9.60. The number of phenols is 2. The van der Waals surface area contributed by atoms with E-state index in [9.17, 15) is 20.6 Å². The van der Waals surface area contributed by atoms with Gasteiger partial charge in [0, 0.05) is 47.3 Å². The van der Waals surface area contributed by atoms with Gasteiger partial charge in [-0.05, 0) is 104 Å². The van der Waals surface area contributed by atoms with Gasteiger partial charge in [0.1, 0.15) is 17.3 Å². The molecule has 6 aromatic rings. The van der Waals surface area contributed by atoms with Crippen molar-refractivity contribution in [2.24, 2.45) is 21.8 Å². The van der Waals surface area contributed by atoms with Gasteiger partial charge in [0.2, 0.25) is 0 Å². The van der Waals surface area contributed by atoms with Crippen molar-refractivity contribution >= 4 is 55.1 Å². The van der Waals surface area contributed by atoms with Crippen LogP contribution >= 0.6 is 43.5 Å². The van der Waals surface area contributed by atoms with E-state index in [-0.39, 0.29) is 23.2 Å². The molecule has 0 amide bonds. The number of rotatable bonds is 6. The largest absolute Gasteiger partial charge is 0.508 e. The molecule has 13 heteroatoms. The van der Waals surface area contributed by atoms with Gasteiger partial charge < -0.3 is 36.6 Å². The number of hydrogen-bond acceptors (Lipinski definition) is 8. The van der Waals surface area contributed by atoms with Crippen LogP contribution in [0.3, 0.4) is 0 Å². The van der Waals surface area contributed by atoms with Gasteiger partial charge in [-0.15, -0.1) is 0 Å². The molecule has 0 atom stereocenters. The monoisotopic (exact) mass is 831 g/mol. The van der Waals surface area contributed by atoms with Crippen molar-refractivity contribution in [3.05, 3.63) is 133 Å².